The van der Waals surface area contributed by atoms with Crippen LogP contribution in [0.5, 0.6) is 11.5 Å². The molecule has 1 amide bonds. The van der Waals surface area contributed by atoms with E-state index in [0.717, 1.165) is 57.7 Å². The topological polar surface area (TPSA) is 73.1 Å². The highest BCUT2D eigenvalue weighted by molar-refractivity contribution is 6.16. The van der Waals surface area contributed by atoms with E-state index >= 15 is 0 Å². The molecule has 3 aromatic rings. The van der Waals surface area contributed by atoms with Crippen molar-refractivity contribution in [3.05, 3.63) is 64.4 Å². The Hall–Kier alpha value is -3.54. The minimum Gasteiger partial charge on any atom is -0.497 e. The lowest BCUT2D eigenvalue weighted by Crippen LogP contribution is -2.36. The third-order valence-corrected chi connectivity index (χ3v) is 6.38. The number of fused-ring (bicyclic) bond motifs is 3. The quantitative estimate of drug-likeness (QED) is 0.543. The van der Waals surface area contributed by atoms with Gasteiger partial charge in [-0.1, -0.05) is 25.5 Å². The first-order valence-corrected chi connectivity index (χ1v) is 11.5. The average Bonchev–Trinajstić information content (AvgIpc) is 3.17. The number of anilines is 1. The molecule has 1 N–H and O–H groups in total. The molecule has 0 saturated heterocycles. The van der Waals surface area contributed by atoms with Gasteiger partial charge < -0.3 is 19.2 Å². The molecule has 0 aliphatic carbocycles. The molecule has 0 bridgehead atoms. The van der Waals surface area contributed by atoms with Gasteiger partial charge in [-0.2, -0.15) is 0 Å². The van der Waals surface area contributed by atoms with Crippen LogP contribution in [0.2, 0.25) is 0 Å². The lowest BCUT2D eigenvalue weighted by molar-refractivity contribution is -0.123. The van der Waals surface area contributed by atoms with E-state index in [9.17, 15) is 4.79 Å². The summed E-state index contributed by atoms with van der Waals surface area (Å²) in [5.74, 6) is 2.15. The number of nitrogens with zero attached hydrogens (tertiary/aromatic N) is 1. The molecule has 0 radical (unpaired) electrons. The fourth-order valence-corrected chi connectivity index (χ4v) is 4.62. The Kier molecular flexibility index (Phi) is 5.44. The third kappa shape index (κ3) is 3.69. The molecule has 6 heteroatoms. The Morgan fingerprint density at radius 1 is 1.21 bits per heavy atom. The van der Waals surface area contributed by atoms with Gasteiger partial charge in [0, 0.05) is 16.5 Å². The van der Waals surface area contributed by atoms with Crippen LogP contribution in [0.15, 0.2) is 51.4 Å². The Bertz CT molecular complexity index is 1320. The second-order valence-electron chi connectivity index (χ2n) is 8.55. The predicted octanol–water partition coefficient (Wildman–Crippen LogP) is 5.45. The van der Waals surface area contributed by atoms with Crippen LogP contribution in [-0.2, 0) is 17.6 Å². The first-order chi connectivity index (χ1) is 16.0. The van der Waals surface area contributed by atoms with E-state index < -0.39 is 6.10 Å². The van der Waals surface area contributed by atoms with Gasteiger partial charge in [0.15, 0.2) is 11.9 Å². The lowest BCUT2D eigenvalue weighted by Gasteiger charge is -2.27. The van der Waals surface area contributed by atoms with E-state index in [4.69, 9.17) is 18.9 Å². The maximum atomic E-state index is 12.4. The number of carbonyl (C=O) groups excluding carboxylic acids is 1. The van der Waals surface area contributed by atoms with Crippen molar-refractivity contribution in [2.75, 3.05) is 19.0 Å². The molecule has 1 atom stereocenters. The van der Waals surface area contributed by atoms with Crippen molar-refractivity contribution in [3.8, 4) is 11.5 Å². The lowest BCUT2D eigenvalue weighted by atomic mass is 9.92. The Labute approximate surface area is 193 Å². The van der Waals surface area contributed by atoms with Crippen LogP contribution >= 0.6 is 0 Å². The molecule has 2 aromatic carbocycles. The number of allylic oxidation sites excluding steroid dienone is 1. The average molecular weight is 445 g/mol. The highest BCUT2D eigenvalue weighted by Gasteiger charge is 2.29. The van der Waals surface area contributed by atoms with Crippen molar-refractivity contribution < 1.29 is 18.7 Å². The van der Waals surface area contributed by atoms with E-state index in [2.05, 4.69) is 25.2 Å². The smallest absolute Gasteiger partial charge is 0.265 e. The number of aryl methyl sites for hydroxylation is 1. The van der Waals surface area contributed by atoms with Gasteiger partial charge in [-0.3, -0.25) is 9.79 Å². The maximum Gasteiger partial charge on any atom is 0.265 e. The maximum absolute atomic E-state index is 12.4. The molecule has 5 rings (SSSR count). The van der Waals surface area contributed by atoms with Gasteiger partial charge in [0.2, 0.25) is 0 Å². The van der Waals surface area contributed by atoms with Gasteiger partial charge in [0.05, 0.1) is 19.3 Å². The number of amides is 1. The summed E-state index contributed by atoms with van der Waals surface area (Å²) in [6.45, 7) is 6.76. The van der Waals surface area contributed by atoms with Crippen LogP contribution in [0.1, 0.15) is 49.6 Å². The summed E-state index contributed by atoms with van der Waals surface area (Å²) < 4.78 is 17.9. The summed E-state index contributed by atoms with van der Waals surface area (Å²) in [5.41, 5.74) is 6.74. The molecule has 2 aliphatic rings. The van der Waals surface area contributed by atoms with Gasteiger partial charge >= 0.3 is 0 Å². The van der Waals surface area contributed by atoms with Crippen LogP contribution in [0, 0.1) is 0 Å². The minimum atomic E-state index is -0.490. The molecule has 170 valence electrons. The fraction of sp³-hybridized carbons (Fsp3) is 0.333. The van der Waals surface area contributed by atoms with E-state index in [1.54, 1.807) is 7.11 Å². The number of rotatable bonds is 4. The first kappa shape index (κ1) is 21.3. The largest absolute Gasteiger partial charge is 0.497 e. The number of aliphatic imine (C=N–C) groups is 1. The van der Waals surface area contributed by atoms with Gasteiger partial charge in [-0.05, 0) is 62.1 Å². The highest BCUT2D eigenvalue weighted by Crippen LogP contribution is 2.38. The van der Waals surface area contributed by atoms with E-state index in [1.165, 1.54) is 5.57 Å². The number of methoxy groups -OCH3 is 1. The zero-order valence-corrected chi connectivity index (χ0v) is 19.5. The van der Waals surface area contributed by atoms with Crippen molar-refractivity contribution in [2.24, 2.45) is 4.99 Å². The van der Waals surface area contributed by atoms with E-state index in [1.807, 2.05) is 37.3 Å². The van der Waals surface area contributed by atoms with Crippen LogP contribution in [-0.4, -0.2) is 31.4 Å². The number of hydrogen-bond donors (Lipinski definition) is 1. The Morgan fingerprint density at radius 3 is 2.82 bits per heavy atom. The number of nitrogens with one attached hydrogen (secondary N) is 1. The summed E-state index contributed by atoms with van der Waals surface area (Å²) in [6.07, 6.45) is 3.83. The van der Waals surface area contributed by atoms with Crippen LogP contribution < -0.4 is 14.8 Å². The highest BCUT2D eigenvalue weighted by atomic mass is 16.5. The number of hydrogen-bond acceptors (Lipinski definition) is 5. The van der Waals surface area contributed by atoms with Crippen LogP contribution in [0.25, 0.3) is 11.0 Å². The second-order valence-corrected chi connectivity index (χ2v) is 8.55. The number of ether oxygens (including phenoxy) is 2. The monoisotopic (exact) mass is 444 g/mol. The summed E-state index contributed by atoms with van der Waals surface area (Å²) in [6, 6.07) is 9.91. The van der Waals surface area contributed by atoms with Gasteiger partial charge in [-0.25, -0.2) is 0 Å². The summed E-state index contributed by atoms with van der Waals surface area (Å²) >= 11 is 0. The van der Waals surface area contributed by atoms with Crippen molar-refractivity contribution >= 4 is 28.3 Å². The second kappa shape index (κ2) is 8.43. The van der Waals surface area contributed by atoms with E-state index in [-0.39, 0.29) is 5.91 Å². The molecule has 2 aliphatic heterocycles. The zero-order chi connectivity index (χ0) is 23.1. The van der Waals surface area contributed by atoms with Crippen molar-refractivity contribution in [3.63, 3.8) is 0 Å². The molecular weight excluding hydrogens is 416 g/mol. The molecule has 0 spiro atoms. The number of carbonyl (C=O) groups is 1. The van der Waals surface area contributed by atoms with Crippen molar-refractivity contribution in [1.29, 1.82) is 0 Å². The van der Waals surface area contributed by atoms with Gasteiger partial charge in [0.1, 0.15) is 22.8 Å². The van der Waals surface area contributed by atoms with E-state index in [0.29, 0.717) is 24.4 Å². The fourth-order valence-electron chi connectivity index (χ4n) is 4.62. The molecule has 1 aromatic heterocycles. The summed E-state index contributed by atoms with van der Waals surface area (Å²) in [5, 5.41) is 4.05. The Balaban J connectivity index is 1.71. The zero-order valence-electron chi connectivity index (χ0n) is 19.5. The summed E-state index contributed by atoms with van der Waals surface area (Å²) in [7, 11) is 1.67. The molecule has 1 unspecified atom stereocenters. The normalized spacial score (nSPS) is 17.7. The molecule has 0 saturated carbocycles. The van der Waals surface area contributed by atoms with Crippen molar-refractivity contribution in [1.82, 2.24) is 0 Å². The molecule has 0 fully saturated rings. The predicted molar refractivity (Wildman–Crippen MR) is 130 cm³/mol. The molecular formula is C27H28N2O4. The molecule has 33 heavy (non-hydrogen) atoms. The number of benzene rings is 2. The first-order valence-electron chi connectivity index (χ1n) is 11.5. The minimum absolute atomic E-state index is 0.101. The summed E-state index contributed by atoms with van der Waals surface area (Å²) in [4.78, 5) is 17.3. The SMILES string of the molecule is CCc1c(C2=NCC=C(C)Cc3cc4c(cc32)OC(CC)C(=O)N4)oc2ccc(OC)cc12. The van der Waals surface area contributed by atoms with Gasteiger partial charge in [-0.15, -0.1) is 0 Å². The van der Waals surface area contributed by atoms with Crippen LogP contribution in [0.3, 0.4) is 0 Å². The number of furan rings is 1. The third-order valence-electron chi connectivity index (χ3n) is 6.38. The standard InChI is InChI=1S/C27H28N2O4/c1-5-18-20-13-17(31-4)7-8-23(20)33-26(18)25-19-14-24-21(29-27(30)22(6-2)32-24)12-16(19)11-15(3)9-10-28-25/h7-9,12-14,22H,5-6,10-11H2,1-4H3,(H,29,30). The molecule has 3 heterocycles. The van der Waals surface area contributed by atoms with Crippen LogP contribution in [0.4, 0.5) is 5.69 Å². The Morgan fingerprint density at radius 2 is 2.06 bits per heavy atom. The van der Waals surface area contributed by atoms with Crippen molar-refractivity contribution in [2.45, 2.75) is 46.1 Å². The molecule has 6 nitrogen and oxygen atoms in total. The van der Waals surface area contributed by atoms with Gasteiger partial charge in [0.25, 0.3) is 5.91 Å².